The van der Waals surface area contributed by atoms with E-state index in [1.165, 1.54) is 12.1 Å². The summed E-state index contributed by atoms with van der Waals surface area (Å²) in [6.07, 6.45) is -1.82. The number of hydrogen-bond acceptors (Lipinski definition) is 3. The molecule has 1 aromatic rings. The third-order valence-corrected chi connectivity index (χ3v) is 4.32. The standard InChI is InChI=1S/C17H23F3N2O2/c1-16(8-10-21-11-9-16)12-22-15(23)7-4-13-2-5-14(6-3-13)24-17(18,19)20/h2-3,5-6,21H,4,7-12H2,1H3,(H,22,23). The molecule has 7 heteroatoms. The lowest BCUT2D eigenvalue weighted by Crippen LogP contribution is -2.42. The molecule has 1 saturated heterocycles. The molecule has 0 saturated carbocycles. The summed E-state index contributed by atoms with van der Waals surface area (Å²) in [5.74, 6) is -0.292. The lowest BCUT2D eigenvalue weighted by molar-refractivity contribution is -0.274. The van der Waals surface area contributed by atoms with Gasteiger partial charge in [0.25, 0.3) is 0 Å². The molecule has 1 aliphatic rings. The van der Waals surface area contributed by atoms with Crippen molar-refractivity contribution in [2.24, 2.45) is 5.41 Å². The first kappa shape index (κ1) is 18.6. The van der Waals surface area contributed by atoms with Crippen LogP contribution in [0.1, 0.15) is 31.7 Å². The molecule has 0 unspecified atom stereocenters. The summed E-state index contributed by atoms with van der Waals surface area (Å²) in [4.78, 5) is 12.0. The highest BCUT2D eigenvalue weighted by Crippen LogP contribution is 2.26. The van der Waals surface area contributed by atoms with E-state index in [0.29, 0.717) is 19.4 Å². The van der Waals surface area contributed by atoms with Gasteiger partial charge in [-0.3, -0.25) is 4.79 Å². The molecular formula is C17H23F3N2O2. The summed E-state index contributed by atoms with van der Waals surface area (Å²) in [6.45, 7) is 4.77. The van der Waals surface area contributed by atoms with Crippen molar-refractivity contribution in [1.29, 1.82) is 0 Å². The molecule has 0 spiro atoms. The maximum Gasteiger partial charge on any atom is 0.573 e. The van der Waals surface area contributed by atoms with Gasteiger partial charge in [0, 0.05) is 13.0 Å². The number of aryl methyl sites for hydroxylation is 1. The van der Waals surface area contributed by atoms with Crippen LogP contribution in [0, 0.1) is 5.41 Å². The van der Waals surface area contributed by atoms with Gasteiger partial charge in [-0.25, -0.2) is 0 Å². The highest BCUT2D eigenvalue weighted by atomic mass is 19.4. The fourth-order valence-corrected chi connectivity index (χ4v) is 2.72. The Kier molecular flexibility index (Phi) is 6.10. The molecule has 0 aliphatic carbocycles. The molecule has 134 valence electrons. The van der Waals surface area contributed by atoms with Gasteiger partial charge in [-0.15, -0.1) is 13.2 Å². The van der Waals surface area contributed by atoms with Crippen LogP contribution in [0.2, 0.25) is 0 Å². The average Bonchev–Trinajstić information content (AvgIpc) is 2.52. The molecule has 2 N–H and O–H groups in total. The van der Waals surface area contributed by atoms with Gasteiger partial charge in [0.2, 0.25) is 5.91 Å². The van der Waals surface area contributed by atoms with E-state index in [1.54, 1.807) is 12.1 Å². The largest absolute Gasteiger partial charge is 0.573 e. The zero-order valence-electron chi connectivity index (χ0n) is 13.7. The summed E-state index contributed by atoms with van der Waals surface area (Å²) in [7, 11) is 0. The van der Waals surface area contributed by atoms with Gasteiger partial charge < -0.3 is 15.4 Å². The number of rotatable bonds is 6. The summed E-state index contributed by atoms with van der Waals surface area (Å²) in [5.41, 5.74) is 0.935. The van der Waals surface area contributed by atoms with Crippen molar-refractivity contribution in [2.75, 3.05) is 19.6 Å². The molecule has 4 nitrogen and oxygen atoms in total. The van der Waals surface area contributed by atoms with Crippen molar-refractivity contribution in [3.8, 4) is 5.75 Å². The number of alkyl halides is 3. The van der Waals surface area contributed by atoms with E-state index in [0.717, 1.165) is 31.5 Å². The number of carbonyl (C=O) groups excluding carboxylic acids is 1. The minimum Gasteiger partial charge on any atom is -0.406 e. The van der Waals surface area contributed by atoms with Crippen LogP contribution in [0.4, 0.5) is 13.2 Å². The van der Waals surface area contributed by atoms with E-state index in [1.807, 2.05) is 0 Å². The lowest BCUT2D eigenvalue weighted by atomic mass is 9.81. The second kappa shape index (κ2) is 7.88. The third kappa shape index (κ3) is 6.39. The molecule has 0 aromatic heterocycles. The highest BCUT2D eigenvalue weighted by molar-refractivity contribution is 5.76. The second-order valence-electron chi connectivity index (χ2n) is 6.53. The van der Waals surface area contributed by atoms with Crippen molar-refractivity contribution in [3.63, 3.8) is 0 Å². The summed E-state index contributed by atoms with van der Waals surface area (Å²) in [6, 6.07) is 5.61. The van der Waals surface area contributed by atoms with Crippen LogP contribution in [0.25, 0.3) is 0 Å². The smallest absolute Gasteiger partial charge is 0.406 e. The van der Waals surface area contributed by atoms with Crippen molar-refractivity contribution >= 4 is 5.91 Å². The number of piperidine rings is 1. The Hall–Kier alpha value is -1.76. The van der Waals surface area contributed by atoms with Crippen LogP contribution >= 0.6 is 0 Å². The topological polar surface area (TPSA) is 50.4 Å². The van der Waals surface area contributed by atoms with Gasteiger partial charge in [0.05, 0.1) is 0 Å². The van der Waals surface area contributed by atoms with Crippen molar-refractivity contribution < 1.29 is 22.7 Å². The molecular weight excluding hydrogens is 321 g/mol. The SMILES string of the molecule is CC1(CNC(=O)CCc2ccc(OC(F)(F)F)cc2)CCNCC1. The number of carbonyl (C=O) groups is 1. The number of hydrogen-bond donors (Lipinski definition) is 2. The fourth-order valence-electron chi connectivity index (χ4n) is 2.72. The van der Waals surface area contributed by atoms with Crippen LogP contribution in [0.3, 0.4) is 0 Å². The number of halogens is 3. The maximum atomic E-state index is 12.1. The molecule has 1 fully saturated rings. The average molecular weight is 344 g/mol. The van der Waals surface area contributed by atoms with Gasteiger partial charge in [0.1, 0.15) is 5.75 Å². The quantitative estimate of drug-likeness (QED) is 0.834. The Morgan fingerprint density at radius 2 is 1.88 bits per heavy atom. The van der Waals surface area contributed by atoms with Crippen molar-refractivity contribution in [3.05, 3.63) is 29.8 Å². The van der Waals surface area contributed by atoms with Gasteiger partial charge in [-0.2, -0.15) is 0 Å². The molecule has 0 atom stereocenters. The molecule has 0 radical (unpaired) electrons. The zero-order valence-corrected chi connectivity index (χ0v) is 13.7. The maximum absolute atomic E-state index is 12.1. The first-order valence-electron chi connectivity index (χ1n) is 8.08. The van der Waals surface area contributed by atoms with E-state index in [2.05, 4.69) is 22.3 Å². The monoisotopic (exact) mass is 344 g/mol. The first-order chi connectivity index (χ1) is 11.3. The van der Waals surface area contributed by atoms with Crippen molar-refractivity contribution in [1.82, 2.24) is 10.6 Å². The number of nitrogens with one attached hydrogen (secondary N) is 2. The highest BCUT2D eigenvalue weighted by Gasteiger charge is 2.31. The normalized spacial score (nSPS) is 17.3. The van der Waals surface area contributed by atoms with E-state index >= 15 is 0 Å². The molecule has 1 amide bonds. The molecule has 1 aliphatic heterocycles. The summed E-state index contributed by atoms with van der Waals surface area (Å²) < 4.78 is 40.1. The zero-order chi connectivity index (χ0) is 17.6. The van der Waals surface area contributed by atoms with E-state index in [4.69, 9.17) is 0 Å². The Balaban J connectivity index is 1.73. The number of benzene rings is 1. The van der Waals surface area contributed by atoms with Gasteiger partial charge >= 0.3 is 6.36 Å². The molecule has 24 heavy (non-hydrogen) atoms. The molecule has 2 rings (SSSR count). The Labute approximate surface area is 139 Å². The van der Waals surface area contributed by atoms with Crippen LogP contribution in [-0.4, -0.2) is 31.9 Å². The Morgan fingerprint density at radius 3 is 2.46 bits per heavy atom. The predicted molar refractivity (Wildman–Crippen MR) is 84.7 cm³/mol. The minimum atomic E-state index is -4.69. The van der Waals surface area contributed by atoms with Crippen molar-refractivity contribution in [2.45, 2.75) is 39.0 Å². The van der Waals surface area contributed by atoms with E-state index in [9.17, 15) is 18.0 Å². The summed E-state index contributed by atoms with van der Waals surface area (Å²) >= 11 is 0. The second-order valence-corrected chi connectivity index (χ2v) is 6.53. The van der Waals surface area contributed by atoms with Gasteiger partial charge in [-0.05, 0) is 55.5 Å². The van der Waals surface area contributed by atoms with Gasteiger partial charge in [-0.1, -0.05) is 19.1 Å². The predicted octanol–water partition coefficient (Wildman–Crippen LogP) is 3.02. The summed E-state index contributed by atoms with van der Waals surface area (Å²) in [5, 5.41) is 6.26. The third-order valence-electron chi connectivity index (χ3n) is 4.32. The Morgan fingerprint density at radius 1 is 1.25 bits per heavy atom. The van der Waals surface area contributed by atoms with Gasteiger partial charge in [0.15, 0.2) is 0 Å². The van der Waals surface area contributed by atoms with E-state index < -0.39 is 6.36 Å². The fraction of sp³-hybridized carbons (Fsp3) is 0.588. The molecule has 0 bridgehead atoms. The lowest BCUT2D eigenvalue weighted by Gasteiger charge is -2.34. The molecule has 1 aromatic carbocycles. The number of amides is 1. The molecule has 1 heterocycles. The van der Waals surface area contributed by atoms with E-state index in [-0.39, 0.29) is 17.1 Å². The van der Waals surface area contributed by atoms with Crippen LogP contribution in [0.15, 0.2) is 24.3 Å². The van der Waals surface area contributed by atoms with Crippen LogP contribution in [-0.2, 0) is 11.2 Å². The number of ether oxygens (including phenoxy) is 1. The van der Waals surface area contributed by atoms with Crippen LogP contribution < -0.4 is 15.4 Å². The Bertz CT molecular complexity index is 538. The minimum absolute atomic E-state index is 0.0367. The van der Waals surface area contributed by atoms with Crippen LogP contribution in [0.5, 0.6) is 5.75 Å². The first-order valence-corrected chi connectivity index (χ1v) is 8.08.